The molecular weight excluding hydrogens is 257 g/mol. The number of hydrogen-bond acceptors (Lipinski definition) is 2. The molecule has 1 N–H and O–H groups in total. The number of amides is 1. The summed E-state index contributed by atoms with van der Waals surface area (Å²) in [4.78, 5) is 12.3. The van der Waals surface area contributed by atoms with E-state index in [1.165, 1.54) is 6.07 Å². The Labute approximate surface area is 118 Å². The summed E-state index contributed by atoms with van der Waals surface area (Å²) in [5.41, 5.74) is -0.0703. The minimum absolute atomic E-state index is 0.0264. The monoisotopic (exact) mass is 277 g/mol. The number of carbonyl (C=O) groups excluding carboxylic acids is 1. The maximum atomic E-state index is 13.9. The molecule has 0 spiro atoms. The van der Waals surface area contributed by atoms with Gasteiger partial charge in [-0.25, -0.2) is 4.39 Å². The highest BCUT2D eigenvalue weighted by molar-refractivity contribution is 5.91. The Hall–Kier alpha value is -1.42. The second-order valence-electron chi connectivity index (χ2n) is 5.84. The van der Waals surface area contributed by atoms with E-state index < -0.39 is 5.41 Å². The zero-order chi connectivity index (χ0) is 14.0. The topological polar surface area (TPSA) is 38.3 Å². The lowest BCUT2D eigenvalue weighted by atomic mass is 9.94. The Bertz CT molecular complexity index is 493. The molecule has 0 bridgehead atoms. The smallest absolute Gasteiger partial charge is 0.230 e. The molecule has 1 saturated heterocycles. The van der Waals surface area contributed by atoms with Gasteiger partial charge >= 0.3 is 0 Å². The van der Waals surface area contributed by atoms with Crippen LogP contribution in [-0.4, -0.2) is 25.7 Å². The molecule has 2 aliphatic rings. The molecule has 3 nitrogen and oxygen atoms in total. The summed E-state index contributed by atoms with van der Waals surface area (Å²) in [5.74, 6) is 0.254. The quantitative estimate of drug-likeness (QED) is 0.897. The molecule has 1 amide bonds. The van der Waals surface area contributed by atoms with Crippen molar-refractivity contribution in [2.24, 2.45) is 5.92 Å². The van der Waals surface area contributed by atoms with Crippen LogP contribution in [0.15, 0.2) is 24.3 Å². The van der Waals surface area contributed by atoms with Gasteiger partial charge in [0.2, 0.25) is 5.91 Å². The van der Waals surface area contributed by atoms with E-state index in [0.29, 0.717) is 18.0 Å². The van der Waals surface area contributed by atoms with E-state index in [-0.39, 0.29) is 11.7 Å². The molecule has 1 unspecified atom stereocenters. The summed E-state index contributed by atoms with van der Waals surface area (Å²) in [6.07, 6.45) is 3.51. The molecule has 0 radical (unpaired) electrons. The van der Waals surface area contributed by atoms with Crippen LogP contribution in [-0.2, 0) is 14.9 Å². The highest BCUT2D eigenvalue weighted by Crippen LogP contribution is 2.49. The van der Waals surface area contributed by atoms with Crippen molar-refractivity contribution in [3.05, 3.63) is 35.6 Å². The molecule has 1 saturated carbocycles. The zero-order valence-electron chi connectivity index (χ0n) is 11.5. The summed E-state index contributed by atoms with van der Waals surface area (Å²) in [5, 5.41) is 2.98. The average molecular weight is 277 g/mol. The van der Waals surface area contributed by atoms with Crippen molar-refractivity contribution >= 4 is 5.91 Å². The van der Waals surface area contributed by atoms with Crippen molar-refractivity contribution in [3.8, 4) is 0 Å². The summed E-state index contributed by atoms with van der Waals surface area (Å²) >= 11 is 0. The van der Waals surface area contributed by atoms with E-state index in [1.54, 1.807) is 18.2 Å². The zero-order valence-corrected chi connectivity index (χ0v) is 11.5. The van der Waals surface area contributed by atoms with Crippen LogP contribution in [0.2, 0.25) is 0 Å². The number of hydrogen-bond donors (Lipinski definition) is 1. The first-order chi connectivity index (χ1) is 9.72. The van der Waals surface area contributed by atoms with Gasteiger partial charge in [-0.2, -0.15) is 0 Å². The first-order valence-corrected chi connectivity index (χ1v) is 7.33. The van der Waals surface area contributed by atoms with Gasteiger partial charge in [0.05, 0.1) is 5.41 Å². The lowest BCUT2D eigenvalue weighted by Gasteiger charge is -2.17. The predicted molar refractivity (Wildman–Crippen MR) is 73.9 cm³/mol. The third kappa shape index (κ3) is 2.57. The molecule has 20 heavy (non-hydrogen) atoms. The summed E-state index contributed by atoms with van der Waals surface area (Å²) in [6.45, 7) is 2.29. The fourth-order valence-electron chi connectivity index (χ4n) is 2.96. The Morgan fingerprint density at radius 2 is 2.20 bits per heavy atom. The Balaban J connectivity index is 1.58. The van der Waals surface area contributed by atoms with E-state index in [9.17, 15) is 9.18 Å². The first-order valence-electron chi connectivity index (χ1n) is 7.33. The number of nitrogens with one attached hydrogen (secondary N) is 1. The second kappa shape index (κ2) is 5.52. The fourth-order valence-corrected chi connectivity index (χ4v) is 2.96. The van der Waals surface area contributed by atoms with Gasteiger partial charge in [0.15, 0.2) is 0 Å². The van der Waals surface area contributed by atoms with E-state index >= 15 is 0 Å². The molecule has 1 aromatic rings. The molecule has 1 aromatic carbocycles. The third-order valence-electron chi connectivity index (χ3n) is 4.44. The van der Waals surface area contributed by atoms with Gasteiger partial charge in [0.1, 0.15) is 5.82 Å². The van der Waals surface area contributed by atoms with Gasteiger partial charge in [0.25, 0.3) is 0 Å². The average Bonchev–Trinajstić information content (AvgIpc) is 3.09. The van der Waals surface area contributed by atoms with Crippen LogP contribution in [0.25, 0.3) is 0 Å². The number of carbonyl (C=O) groups is 1. The normalized spacial score (nSPS) is 23.6. The van der Waals surface area contributed by atoms with Crippen LogP contribution in [0.3, 0.4) is 0 Å². The highest BCUT2D eigenvalue weighted by Gasteiger charge is 2.52. The van der Waals surface area contributed by atoms with Crippen LogP contribution in [0.4, 0.5) is 4.39 Å². The molecule has 108 valence electrons. The molecule has 1 atom stereocenters. The molecular formula is C16H20FNO2. The van der Waals surface area contributed by atoms with Crippen molar-refractivity contribution < 1.29 is 13.9 Å². The highest BCUT2D eigenvalue weighted by atomic mass is 19.1. The minimum Gasteiger partial charge on any atom is -0.381 e. The molecule has 4 heteroatoms. The van der Waals surface area contributed by atoms with Crippen molar-refractivity contribution in [1.82, 2.24) is 5.32 Å². The number of ether oxygens (including phenoxy) is 1. The van der Waals surface area contributed by atoms with Crippen LogP contribution in [0.1, 0.15) is 31.2 Å². The number of benzene rings is 1. The van der Waals surface area contributed by atoms with Crippen LogP contribution >= 0.6 is 0 Å². The fraction of sp³-hybridized carbons (Fsp3) is 0.562. The van der Waals surface area contributed by atoms with Crippen molar-refractivity contribution in [1.29, 1.82) is 0 Å². The second-order valence-corrected chi connectivity index (χ2v) is 5.84. The summed E-state index contributed by atoms with van der Waals surface area (Å²) in [6, 6.07) is 6.61. The summed E-state index contributed by atoms with van der Waals surface area (Å²) < 4.78 is 19.2. The van der Waals surface area contributed by atoms with Gasteiger partial charge in [-0.05, 0) is 37.7 Å². The standard InChI is InChI=1S/C16H20FNO2/c17-14-4-2-1-3-13(14)16(7-8-16)15(19)18-9-5-12-6-10-20-11-12/h1-4,12H,5-11H2,(H,18,19). The third-order valence-corrected chi connectivity index (χ3v) is 4.44. The minimum atomic E-state index is -0.614. The molecule has 0 aromatic heterocycles. The number of halogens is 1. The molecule has 2 fully saturated rings. The van der Waals surface area contributed by atoms with Gasteiger partial charge in [0, 0.05) is 25.3 Å². The van der Waals surface area contributed by atoms with E-state index in [4.69, 9.17) is 4.74 Å². The largest absolute Gasteiger partial charge is 0.381 e. The lowest BCUT2D eigenvalue weighted by molar-refractivity contribution is -0.123. The van der Waals surface area contributed by atoms with Gasteiger partial charge in [-0.15, -0.1) is 0 Å². The van der Waals surface area contributed by atoms with Gasteiger partial charge in [-0.1, -0.05) is 18.2 Å². The van der Waals surface area contributed by atoms with E-state index in [1.807, 2.05) is 0 Å². The predicted octanol–water partition coefficient (Wildman–Crippen LogP) is 2.40. The van der Waals surface area contributed by atoms with Crippen molar-refractivity contribution in [2.45, 2.75) is 31.1 Å². The maximum absolute atomic E-state index is 13.9. The van der Waals surface area contributed by atoms with E-state index in [0.717, 1.165) is 38.9 Å². The van der Waals surface area contributed by atoms with Gasteiger partial charge in [-0.3, -0.25) is 4.79 Å². The van der Waals surface area contributed by atoms with Crippen molar-refractivity contribution in [3.63, 3.8) is 0 Å². The number of rotatable bonds is 5. The van der Waals surface area contributed by atoms with Crippen LogP contribution in [0, 0.1) is 11.7 Å². The summed E-state index contributed by atoms with van der Waals surface area (Å²) in [7, 11) is 0. The lowest BCUT2D eigenvalue weighted by Crippen LogP contribution is -2.36. The van der Waals surface area contributed by atoms with Gasteiger partial charge < -0.3 is 10.1 Å². The van der Waals surface area contributed by atoms with Crippen LogP contribution in [0.5, 0.6) is 0 Å². The SMILES string of the molecule is O=C(NCCC1CCOC1)C1(c2ccccc2F)CC1. The first kappa shape index (κ1) is 13.6. The molecule has 1 aliphatic heterocycles. The maximum Gasteiger partial charge on any atom is 0.230 e. The van der Waals surface area contributed by atoms with E-state index in [2.05, 4.69) is 5.32 Å². The Kier molecular flexibility index (Phi) is 3.74. The molecule has 3 rings (SSSR count). The molecule has 1 heterocycles. The Morgan fingerprint density at radius 3 is 2.85 bits per heavy atom. The Morgan fingerprint density at radius 1 is 1.40 bits per heavy atom. The van der Waals surface area contributed by atoms with Crippen LogP contribution < -0.4 is 5.32 Å². The molecule has 1 aliphatic carbocycles. The van der Waals surface area contributed by atoms with Crippen molar-refractivity contribution in [2.75, 3.05) is 19.8 Å².